The lowest BCUT2D eigenvalue weighted by Gasteiger charge is -1.95. The van der Waals surface area contributed by atoms with Crippen molar-refractivity contribution < 1.29 is 8.42 Å². The van der Waals surface area contributed by atoms with Gasteiger partial charge < -0.3 is 0 Å². The molecule has 0 N–H and O–H groups in total. The Bertz CT molecular complexity index is 465. The number of benzene rings is 1. The van der Waals surface area contributed by atoms with Gasteiger partial charge in [0.1, 0.15) is 0 Å². The van der Waals surface area contributed by atoms with Crippen molar-refractivity contribution in [1.82, 2.24) is 0 Å². The summed E-state index contributed by atoms with van der Waals surface area (Å²) in [6.45, 7) is 0. The van der Waals surface area contributed by atoms with E-state index in [-0.39, 0.29) is 10.6 Å². The Labute approximate surface area is 79.0 Å². The average Bonchev–Trinajstić information content (AvgIpc) is 2.04. The molecule has 68 valence electrons. The van der Waals surface area contributed by atoms with Crippen molar-refractivity contribution in [1.29, 1.82) is 0 Å². The molecule has 1 rings (SSSR count). The first-order chi connectivity index (χ1) is 6.04. The SMILES string of the molecule is [N-]=[N+]=Nc1cccc(S(=O)(=O)Cl)c1. The summed E-state index contributed by atoms with van der Waals surface area (Å²) in [6.07, 6.45) is 0. The van der Waals surface area contributed by atoms with E-state index >= 15 is 0 Å². The summed E-state index contributed by atoms with van der Waals surface area (Å²) < 4.78 is 21.6. The van der Waals surface area contributed by atoms with Crippen LogP contribution in [0.1, 0.15) is 0 Å². The minimum Gasteiger partial charge on any atom is -0.207 e. The van der Waals surface area contributed by atoms with Gasteiger partial charge >= 0.3 is 0 Å². The molecular weight excluding hydrogens is 214 g/mol. The molecule has 0 spiro atoms. The highest BCUT2D eigenvalue weighted by molar-refractivity contribution is 8.13. The summed E-state index contributed by atoms with van der Waals surface area (Å²) in [7, 11) is 1.31. The Morgan fingerprint density at radius 3 is 2.69 bits per heavy atom. The fourth-order valence-electron chi connectivity index (χ4n) is 0.749. The van der Waals surface area contributed by atoms with E-state index < -0.39 is 9.05 Å². The third-order valence-corrected chi connectivity index (χ3v) is 2.61. The summed E-state index contributed by atoms with van der Waals surface area (Å²) in [5.41, 5.74) is 8.30. The summed E-state index contributed by atoms with van der Waals surface area (Å²) in [5, 5.41) is 3.24. The first-order valence-electron chi connectivity index (χ1n) is 3.14. The number of hydrogen-bond acceptors (Lipinski definition) is 3. The third kappa shape index (κ3) is 2.62. The van der Waals surface area contributed by atoms with Crippen molar-refractivity contribution in [3.8, 4) is 0 Å². The highest BCUT2D eigenvalue weighted by Gasteiger charge is 2.08. The second kappa shape index (κ2) is 3.66. The number of nitrogens with zero attached hydrogens (tertiary/aromatic N) is 3. The second-order valence-corrected chi connectivity index (χ2v) is 4.69. The van der Waals surface area contributed by atoms with Crippen LogP contribution in [-0.2, 0) is 9.05 Å². The molecule has 1 aromatic carbocycles. The van der Waals surface area contributed by atoms with Gasteiger partial charge in [-0.2, -0.15) is 0 Å². The molecule has 0 aromatic heterocycles. The molecule has 5 nitrogen and oxygen atoms in total. The number of halogens is 1. The van der Waals surface area contributed by atoms with Crippen molar-refractivity contribution in [2.24, 2.45) is 5.11 Å². The van der Waals surface area contributed by atoms with Crippen LogP contribution in [0, 0.1) is 0 Å². The van der Waals surface area contributed by atoms with Crippen LogP contribution in [0.25, 0.3) is 10.4 Å². The van der Waals surface area contributed by atoms with Gasteiger partial charge in [0.15, 0.2) is 0 Å². The van der Waals surface area contributed by atoms with Gasteiger partial charge in [-0.05, 0) is 17.7 Å². The predicted molar refractivity (Wildman–Crippen MR) is 48.3 cm³/mol. The molecule has 0 unspecified atom stereocenters. The first-order valence-corrected chi connectivity index (χ1v) is 5.45. The molecule has 0 radical (unpaired) electrons. The van der Waals surface area contributed by atoms with Crippen molar-refractivity contribution >= 4 is 25.4 Å². The Morgan fingerprint density at radius 1 is 1.46 bits per heavy atom. The van der Waals surface area contributed by atoms with Crippen LogP contribution in [0.4, 0.5) is 5.69 Å². The fraction of sp³-hybridized carbons (Fsp3) is 0. The van der Waals surface area contributed by atoms with Crippen molar-refractivity contribution in [2.45, 2.75) is 4.90 Å². The molecule has 0 bridgehead atoms. The minimum absolute atomic E-state index is 0.0842. The number of hydrogen-bond donors (Lipinski definition) is 0. The molecule has 0 saturated carbocycles. The maximum Gasteiger partial charge on any atom is 0.261 e. The Balaban J connectivity index is 3.28. The number of azide groups is 1. The summed E-state index contributed by atoms with van der Waals surface area (Å²) in [4.78, 5) is 2.43. The van der Waals surface area contributed by atoms with Gasteiger partial charge in [-0.1, -0.05) is 17.2 Å². The molecule has 0 aliphatic heterocycles. The lowest BCUT2D eigenvalue weighted by atomic mass is 10.3. The molecule has 1 aromatic rings. The van der Waals surface area contributed by atoms with E-state index in [1.165, 1.54) is 24.3 Å². The Kier molecular flexibility index (Phi) is 2.77. The van der Waals surface area contributed by atoms with Crippen LogP contribution in [0.15, 0.2) is 34.3 Å². The van der Waals surface area contributed by atoms with Crippen molar-refractivity contribution in [2.75, 3.05) is 0 Å². The van der Waals surface area contributed by atoms with E-state index in [2.05, 4.69) is 10.0 Å². The topological polar surface area (TPSA) is 82.9 Å². The normalized spacial score (nSPS) is 10.5. The average molecular weight is 218 g/mol. The van der Waals surface area contributed by atoms with Crippen LogP contribution >= 0.6 is 10.7 Å². The van der Waals surface area contributed by atoms with Crippen molar-refractivity contribution in [3.05, 3.63) is 34.7 Å². The maximum atomic E-state index is 10.8. The second-order valence-electron chi connectivity index (χ2n) is 2.12. The minimum atomic E-state index is -3.75. The molecule has 0 atom stereocenters. The molecule has 0 heterocycles. The highest BCUT2D eigenvalue weighted by Crippen LogP contribution is 2.20. The van der Waals surface area contributed by atoms with Gasteiger partial charge in [0.25, 0.3) is 9.05 Å². The Hall–Kier alpha value is -1.23. The zero-order chi connectivity index (χ0) is 9.90. The number of rotatable bonds is 2. The van der Waals surface area contributed by atoms with Gasteiger partial charge in [0, 0.05) is 21.3 Å². The monoisotopic (exact) mass is 217 g/mol. The standard InChI is InChI=1S/C6H4ClN3O2S/c7-13(11,12)6-3-1-2-5(4-6)9-10-8/h1-4H. The van der Waals surface area contributed by atoms with Crippen LogP contribution in [0.2, 0.25) is 0 Å². The van der Waals surface area contributed by atoms with E-state index in [0.717, 1.165) is 0 Å². The molecule has 0 aliphatic carbocycles. The zero-order valence-electron chi connectivity index (χ0n) is 6.25. The van der Waals surface area contributed by atoms with Crippen LogP contribution in [-0.4, -0.2) is 8.42 Å². The smallest absolute Gasteiger partial charge is 0.207 e. The van der Waals surface area contributed by atoms with Crippen LogP contribution < -0.4 is 0 Å². The van der Waals surface area contributed by atoms with Gasteiger partial charge in [0.05, 0.1) is 4.90 Å². The maximum absolute atomic E-state index is 10.8. The molecule has 0 fully saturated rings. The summed E-state index contributed by atoms with van der Waals surface area (Å²) in [6, 6.07) is 5.44. The van der Waals surface area contributed by atoms with Crippen molar-refractivity contribution in [3.63, 3.8) is 0 Å². The van der Waals surface area contributed by atoms with Crippen LogP contribution in [0.3, 0.4) is 0 Å². The van der Waals surface area contributed by atoms with Gasteiger partial charge in [-0.15, -0.1) is 0 Å². The lowest BCUT2D eigenvalue weighted by molar-refractivity contribution is 0.609. The van der Waals surface area contributed by atoms with Gasteiger partial charge in [0.2, 0.25) is 0 Å². The van der Waals surface area contributed by atoms with E-state index in [4.69, 9.17) is 16.2 Å². The molecule has 0 aliphatic rings. The Morgan fingerprint density at radius 2 is 2.15 bits per heavy atom. The highest BCUT2D eigenvalue weighted by atomic mass is 35.7. The molecule has 7 heteroatoms. The molecule has 0 saturated heterocycles. The van der Waals surface area contributed by atoms with E-state index in [0.29, 0.717) is 0 Å². The molecule has 0 amide bonds. The molecular formula is C6H4ClN3O2S. The van der Waals surface area contributed by atoms with Gasteiger partial charge in [-0.25, -0.2) is 8.42 Å². The first kappa shape index (κ1) is 9.85. The van der Waals surface area contributed by atoms with Gasteiger partial charge in [-0.3, -0.25) is 0 Å². The molecule has 13 heavy (non-hydrogen) atoms. The largest absolute Gasteiger partial charge is 0.261 e. The predicted octanol–water partition coefficient (Wildman–Crippen LogP) is 2.56. The zero-order valence-corrected chi connectivity index (χ0v) is 7.83. The van der Waals surface area contributed by atoms with E-state index in [1.54, 1.807) is 0 Å². The summed E-state index contributed by atoms with van der Waals surface area (Å²) in [5.74, 6) is 0. The fourth-order valence-corrected chi connectivity index (χ4v) is 1.54. The van der Waals surface area contributed by atoms with E-state index in [1.807, 2.05) is 0 Å². The summed E-state index contributed by atoms with van der Waals surface area (Å²) >= 11 is 0. The lowest BCUT2D eigenvalue weighted by Crippen LogP contribution is -1.88. The third-order valence-electron chi connectivity index (χ3n) is 1.26. The quantitative estimate of drug-likeness (QED) is 0.330. The van der Waals surface area contributed by atoms with E-state index in [9.17, 15) is 8.42 Å². The van der Waals surface area contributed by atoms with Crippen LogP contribution in [0.5, 0.6) is 0 Å².